The number of aliphatic hydroxyl groups is 1. The van der Waals surface area contributed by atoms with Crippen LogP contribution in [0.3, 0.4) is 0 Å². The predicted molar refractivity (Wildman–Crippen MR) is 62.8 cm³/mol. The van der Waals surface area contributed by atoms with Crippen LogP contribution >= 0.6 is 11.6 Å². The Bertz CT molecular complexity index is 401. The molecule has 0 saturated heterocycles. The van der Waals surface area contributed by atoms with Crippen LogP contribution in [0.15, 0.2) is 12.1 Å². The Kier molecular flexibility index (Phi) is 4.33. The van der Waals surface area contributed by atoms with E-state index in [1.165, 1.54) is 0 Å². The van der Waals surface area contributed by atoms with Gasteiger partial charge >= 0.3 is 5.97 Å². The molecule has 3 nitrogen and oxygen atoms in total. The van der Waals surface area contributed by atoms with Gasteiger partial charge in [0, 0.05) is 11.4 Å². The first-order chi connectivity index (χ1) is 7.41. The number of aryl methyl sites for hydroxylation is 2. The molecule has 0 amide bonds. The van der Waals surface area contributed by atoms with E-state index in [4.69, 9.17) is 16.7 Å². The molecule has 1 rings (SSSR count). The standard InChI is InChI=1S/C12H15ClO3/c1-7-6-10(13)8(2)5-9(7)11(14)3-4-12(15)16/h5-6,11,14H,3-4H2,1-2H3,(H,15,16). The molecule has 88 valence electrons. The zero-order chi connectivity index (χ0) is 12.3. The van der Waals surface area contributed by atoms with Gasteiger partial charge in [0.25, 0.3) is 0 Å². The number of benzene rings is 1. The third-order valence-electron chi connectivity index (χ3n) is 2.54. The van der Waals surface area contributed by atoms with E-state index in [-0.39, 0.29) is 12.8 Å². The van der Waals surface area contributed by atoms with Crippen molar-refractivity contribution in [2.45, 2.75) is 32.8 Å². The average Bonchev–Trinajstić information content (AvgIpc) is 2.20. The Balaban J connectivity index is 2.86. The summed E-state index contributed by atoms with van der Waals surface area (Å²) < 4.78 is 0. The molecule has 0 fully saturated rings. The Morgan fingerprint density at radius 1 is 1.38 bits per heavy atom. The van der Waals surface area contributed by atoms with Crippen LogP contribution < -0.4 is 0 Å². The predicted octanol–water partition coefficient (Wildman–Crippen LogP) is 2.86. The molecule has 1 aromatic rings. The van der Waals surface area contributed by atoms with E-state index in [2.05, 4.69) is 0 Å². The average molecular weight is 243 g/mol. The first kappa shape index (κ1) is 13.0. The normalized spacial score (nSPS) is 12.5. The molecule has 0 aliphatic carbocycles. The number of carboxylic acids is 1. The summed E-state index contributed by atoms with van der Waals surface area (Å²) in [5.41, 5.74) is 2.52. The maximum atomic E-state index is 10.4. The van der Waals surface area contributed by atoms with E-state index >= 15 is 0 Å². The van der Waals surface area contributed by atoms with Gasteiger partial charge < -0.3 is 10.2 Å². The van der Waals surface area contributed by atoms with Crippen LogP contribution in [0.1, 0.15) is 35.6 Å². The van der Waals surface area contributed by atoms with Gasteiger partial charge in [-0.15, -0.1) is 0 Å². The summed E-state index contributed by atoms with van der Waals surface area (Å²) in [6, 6.07) is 3.60. The lowest BCUT2D eigenvalue weighted by Crippen LogP contribution is -2.04. The minimum absolute atomic E-state index is 0.0394. The lowest BCUT2D eigenvalue weighted by molar-refractivity contribution is -0.137. The van der Waals surface area contributed by atoms with Crippen molar-refractivity contribution in [3.8, 4) is 0 Å². The number of aliphatic carboxylic acids is 1. The monoisotopic (exact) mass is 242 g/mol. The fourth-order valence-corrected chi connectivity index (χ4v) is 1.80. The van der Waals surface area contributed by atoms with E-state index in [0.717, 1.165) is 16.7 Å². The van der Waals surface area contributed by atoms with Crippen LogP contribution in [0, 0.1) is 13.8 Å². The molecule has 0 bridgehead atoms. The number of hydrogen-bond donors (Lipinski definition) is 2. The van der Waals surface area contributed by atoms with Gasteiger partial charge in [0.05, 0.1) is 6.10 Å². The highest BCUT2D eigenvalue weighted by atomic mass is 35.5. The summed E-state index contributed by atoms with van der Waals surface area (Å²) in [6.45, 7) is 3.71. The number of halogens is 1. The second kappa shape index (κ2) is 5.32. The second-order valence-corrected chi connectivity index (χ2v) is 4.31. The number of rotatable bonds is 4. The summed E-state index contributed by atoms with van der Waals surface area (Å²) in [5, 5.41) is 19.1. The molecule has 1 unspecified atom stereocenters. The van der Waals surface area contributed by atoms with Crippen LogP contribution in [-0.4, -0.2) is 16.2 Å². The molecular formula is C12H15ClO3. The van der Waals surface area contributed by atoms with Gasteiger partial charge in [0.15, 0.2) is 0 Å². The van der Waals surface area contributed by atoms with Gasteiger partial charge in [0.2, 0.25) is 0 Å². The SMILES string of the molecule is Cc1cc(C(O)CCC(=O)O)c(C)cc1Cl. The molecule has 0 aliphatic heterocycles. The molecule has 1 atom stereocenters. The van der Waals surface area contributed by atoms with Crippen molar-refractivity contribution in [1.82, 2.24) is 0 Å². The lowest BCUT2D eigenvalue weighted by atomic mass is 9.98. The molecule has 1 aromatic carbocycles. The largest absolute Gasteiger partial charge is 0.481 e. The maximum Gasteiger partial charge on any atom is 0.303 e. The molecule has 0 radical (unpaired) electrons. The van der Waals surface area contributed by atoms with Crippen LogP contribution in [0.2, 0.25) is 5.02 Å². The van der Waals surface area contributed by atoms with Crippen LogP contribution in [-0.2, 0) is 4.79 Å². The first-order valence-corrected chi connectivity index (χ1v) is 5.46. The number of hydrogen-bond acceptors (Lipinski definition) is 2. The van der Waals surface area contributed by atoms with Gasteiger partial charge in [0.1, 0.15) is 0 Å². The Hall–Kier alpha value is -1.06. The molecule has 0 aliphatic rings. The Morgan fingerprint density at radius 3 is 2.56 bits per heavy atom. The van der Waals surface area contributed by atoms with Gasteiger partial charge in [-0.05, 0) is 43.0 Å². The fraction of sp³-hybridized carbons (Fsp3) is 0.417. The third-order valence-corrected chi connectivity index (χ3v) is 2.95. The van der Waals surface area contributed by atoms with E-state index < -0.39 is 12.1 Å². The zero-order valence-electron chi connectivity index (χ0n) is 9.33. The van der Waals surface area contributed by atoms with Crippen molar-refractivity contribution in [1.29, 1.82) is 0 Å². The van der Waals surface area contributed by atoms with Gasteiger partial charge in [-0.1, -0.05) is 17.7 Å². The molecule has 16 heavy (non-hydrogen) atoms. The Morgan fingerprint density at radius 2 is 2.00 bits per heavy atom. The minimum Gasteiger partial charge on any atom is -0.481 e. The van der Waals surface area contributed by atoms with Crippen molar-refractivity contribution in [2.75, 3.05) is 0 Å². The van der Waals surface area contributed by atoms with E-state index in [0.29, 0.717) is 5.02 Å². The van der Waals surface area contributed by atoms with Crippen molar-refractivity contribution >= 4 is 17.6 Å². The molecule has 0 aromatic heterocycles. The highest BCUT2D eigenvalue weighted by molar-refractivity contribution is 6.31. The van der Waals surface area contributed by atoms with E-state index in [1.807, 2.05) is 19.9 Å². The van der Waals surface area contributed by atoms with Crippen molar-refractivity contribution < 1.29 is 15.0 Å². The van der Waals surface area contributed by atoms with Crippen molar-refractivity contribution in [2.24, 2.45) is 0 Å². The molecule has 0 saturated carbocycles. The quantitative estimate of drug-likeness (QED) is 0.854. The molecule has 0 spiro atoms. The summed E-state index contributed by atoms with van der Waals surface area (Å²) in [5.74, 6) is -0.901. The van der Waals surface area contributed by atoms with Crippen LogP contribution in [0.25, 0.3) is 0 Å². The highest BCUT2D eigenvalue weighted by Gasteiger charge is 2.13. The molecule has 4 heteroatoms. The fourth-order valence-electron chi connectivity index (χ4n) is 1.58. The second-order valence-electron chi connectivity index (χ2n) is 3.91. The van der Waals surface area contributed by atoms with Gasteiger partial charge in [-0.2, -0.15) is 0 Å². The minimum atomic E-state index is -0.901. The summed E-state index contributed by atoms with van der Waals surface area (Å²) in [7, 11) is 0. The van der Waals surface area contributed by atoms with E-state index in [1.54, 1.807) is 6.07 Å². The van der Waals surface area contributed by atoms with Gasteiger partial charge in [-0.25, -0.2) is 0 Å². The third kappa shape index (κ3) is 3.22. The van der Waals surface area contributed by atoms with Crippen molar-refractivity contribution in [3.05, 3.63) is 33.8 Å². The summed E-state index contributed by atoms with van der Waals surface area (Å²) >= 11 is 5.94. The van der Waals surface area contributed by atoms with Crippen LogP contribution in [0.5, 0.6) is 0 Å². The number of aliphatic hydroxyl groups excluding tert-OH is 1. The molecular weight excluding hydrogens is 228 g/mol. The summed E-state index contributed by atoms with van der Waals surface area (Å²) in [6.07, 6.45) is -0.563. The number of carboxylic acid groups (broad SMARTS) is 1. The number of carbonyl (C=O) groups is 1. The van der Waals surface area contributed by atoms with E-state index in [9.17, 15) is 9.90 Å². The molecule has 2 N–H and O–H groups in total. The topological polar surface area (TPSA) is 57.5 Å². The van der Waals surface area contributed by atoms with Crippen molar-refractivity contribution in [3.63, 3.8) is 0 Å². The van der Waals surface area contributed by atoms with Gasteiger partial charge in [-0.3, -0.25) is 4.79 Å². The summed E-state index contributed by atoms with van der Waals surface area (Å²) in [4.78, 5) is 10.4. The highest BCUT2D eigenvalue weighted by Crippen LogP contribution is 2.27. The first-order valence-electron chi connectivity index (χ1n) is 5.08. The zero-order valence-corrected chi connectivity index (χ0v) is 10.1. The Labute approximate surface area is 99.7 Å². The lowest BCUT2D eigenvalue weighted by Gasteiger charge is -2.14. The van der Waals surface area contributed by atoms with Crippen LogP contribution in [0.4, 0.5) is 0 Å². The molecule has 0 heterocycles. The maximum absolute atomic E-state index is 10.4. The smallest absolute Gasteiger partial charge is 0.303 e.